The summed E-state index contributed by atoms with van der Waals surface area (Å²) in [6.07, 6.45) is 7.79. The highest BCUT2D eigenvalue weighted by atomic mass is 16.5. The fraction of sp³-hybridized carbons (Fsp3) is 0.500. The van der Waals surface area contributed by atoms with Gasteiger partial charge >= 0.3 is 0 Å². The average molecular weight is 271 g/mol. The number of hydrogen-bond acceptors (Lipinski definition) is 5. The molecule has 0 spiro atoms. The van der Waals surface area contributed by atoms with E-state index in [0.29, 0.717) is 12.0 Å². The van der Waals surface area contributed by atoms with E-state index in [1.54, 1.807) is 0 Å². The minimum absolute atomic E-state index is 0.330. The van der Waals surface area contributed by atoms with E-state index < -0.39 is 0 Å². The number of anilines is 1. The van der Waals surface area contributed by atoms with Crippen LogP contribution in [-0.2, 0) is 17.6 Å². The predicted molar refractivity (Wildman–Crippen MR) is 74.2 cm³/mol. The van der Waals surface area contributed by atoms with E-state index in [0.717, 1.165) is 50.3 Å². The van der Waals surface area contributed by atoms with Gasteiger partial charge in [-0.1, -0.05) is 0 Å². The molecule has 0 saturated carbocycles. The van der Waals surface area contributed by atoms with Gasteiger partial charge in [0.25, 0.3) is 0 Å². The van der Waals surface area contributed by atoms with Gasteiger partial charge in [-0.3, -0.25) is 4.68 Å². The highest BCUT2D eigenvalue weighted by Crippen LogP contribution is 2.35. The maximum atomic E-state index is 5.76. The first-order chi connectivity index (χ1) is 9.83. The Bertz CT molecular complexity index is 645. The number of fused-ring (bicyclic) bond motifs is 3. The van der Waals surface area contributed by atoms with Gasteiger partial charge in [-0.25, -0.2) is 9.97 Å². The molecule has 0 radical (unpaired) electrons. The van der Waals surface area contributed by atoms with Crippen LogP contribution in [-0.4, -0.2) is 33.0 Å². The number of nitrogen functional groups attached to an aromatic ring is 1. The summed E-state index contributed by atoms with van der Waals surface area (Å²) in [7, 11) is 0. The molecule has 1 aliphatic heterocycles. The van der Waals surface area contributed by atoms with Crippen LogP contribution in [0.25, 0.3) is 11.4 Å². The molecule has 2 aromatic heterocycles. The first kappa shape index (κ1) is 11.8. The summed E-state index contributed by atoms with van der Waals surface area (Å²) in [5.74, 6) is 0.330. The Labute approximate surface area is 117 Å². The summed E-state index contributed by atoms with van der Waals surface area (Å²) in [4.78, 5) is 8.57. The monoisotopic (exact) mass is 271 g/mol. The second-order valence-corrected chi connectivity index (χ2v) is 5.41. The molecular formula is C14H17N5O. The third-order valence-corrected chi connectivity index (χ3v) is 4.18. The van der Waals surface area contributed by atoms with E-state index >= 15 is 0 Å². The molecule has 2 N–H and O–H groups in total. The standard InChI is InChI=1S/C14H17N5O/c15-14-16-7-9-1-2-10-8-17-19(13(10)12(9)18-14)11-3-5-20-6-4-11/h7-8,11H,1-6H2,(H2,15,16,18). The van der Waals surface area contributed by atoms with Crippen molar-refractivity contribution in [3.8, 4) is 11.4 Å². The van der Waals surface area contributed by atoms with Gasteiger partial charge in [-0.2, -0.15) is 5.10 Å². The molecule has 1 saturated heterocycles. The summed E-state index contributed by atoms with van der Waals surface area (Å²) in [6.45, 7) is 1.61. The molecule has 0 unspecified atom stereocenters. The number of aryl methyl sites for hydroxylation is 2. The Morgan fingerprint density at radius 2 is 1.95 bits per heavy atom. The second kappa shape index (κ2) is 4.56. The van der Waals surface area contributed by atoms with Gasteiger partial charge in [0.1, 0.15) is 0 Å². The Morgan fingerprint density at radius 3 is 2.80 bits per heavy atom. The van der Waals surface area contributed by atoms with Crippen molar-refractivity contribution in [2.75, 3.05) is 18.9 Å². The maximum absolute atomic E-state index is 5.76. The lowest BCUT2D eigenvalue weighted by Crippen LogP contribution is -2.22. The molecule has 0 atom stereocenters. The van der Waals surface area contributed by atoms with Crippen LogP contribution in [0.4, 0.5) is 5.95 Å². The van der Waals surface area contributed by atoms with Gasteiger partial charge in [0.05, 0.1) is 23.6 Å². The number of nitrogens with zero attached hydrogens (tertiary/aromatic N) is 4. The molecule has 20 heavy (non-hydrogen) atoms. The smallest absolute Gasteiger partial charge is 0.220 e. The van der Waals surface area contributed by atoms with Crippen LogP contribution in [0.1, 0.15) is 30.0 Å². The van der Waals surface area contributed by atoms with E-state index in [4.69, 9.17) is 10.5 Å². The molecule has 0 bridgehead atoms. The minimum atomic E-state index is 0.330. The molecule has 6 heteroatoms. The molecule has 0 aromatic carbocycles. The minimum Gasteiger partial charge on any atom is -0.381 e. The zero-order valence-electron chi connectivity index (χ0n) is 11.2. The quantitative estimate of drug-likeness (QED) is 0.847. The molecule has 2 aromatic rings. The normalized spacial score (nSPS) is 18.6. The van der Waals surface area contributed by atoms with Gasteiger partial charge in [-0.15, -0.1) is 0 Å². The Balaban J connectivity index is 1.83. The van der Waals surface area contributed by atoms with Gasteiger partial charge in [0, 0.05) is 25.0 Å². The largest absolute Gasteiger partial charge is 0.381 e. The van der Waals surface area contributed by atoms with Crippen molar-refractivity contribution in [3.05, 3.63) is 23.5 Å². The molecular weight excluding hydrogens is 254 g/mol. The van der Waals surface area contributed by atoms with Crippen LogP contribution in [0.5, 0.6) is 0 Å². The van der Waals surface area contributed by atoms with Gasteiger partial charge in [0.2, 0.25) is 5.95 Å². The first-order valence-electron chi connectivity index (χ1n) is 7.09. The Morgan fingerprint density at radius 1 is 1.15 bits per heavy atom. The fourth-order valence-corrected chi connectivity index (χ4v) is 3.13. The lowest BCUT2D eigenvalue weighted by Gasteiger charge is -2.26. The number of hydrogen-bond donors (Lipinski definition) is 1. The highest BCUT2D eigenvalue weighted by Gasteiger charge is 2.27. The Hall–Kier alpha value is -1.95. The first-order valence-corrected chi connectivity index (χ1v) is 7.09. The number of nitrogens with two attached hydrogens (primary N) is 1. The van der Waals surface area contributed by atoms with Crippen LogP contribution in [0.2, 0.25) is 0 Å². The summed E-state index contributed by atoms with van der Waals surface area (Å²) in [6, 6.07) is 0.398. The molecule has 6 nitrogen and oxygen atoms in total. The van der Waals surface area contributed by atoms with Crippen molar-refractivity contribution in [1.29, 1.82) is 0 Å². The van der Waals surface area contributed by atoms with Gasteiger partial charge in [0.15, 0.2) is 0 Å². The fourth-order valence-electron chi connectivity index (χ4n) is 3.13. The van der Waals surface area contributed by atoms with Crippen LogP contribution < -0.4 is 5.73 Å². The van der Waals surface area contributed by atoms with Crippen LogP contribution in [0, 0.1) is 0 Å². The average Bonchev–Trinajstić information content (AvgIpc) is 2.92. The molecule has 4 rings (SSSR count). The lowest BCUT2D eigenvalue weighted by molar-refractivity contribution is 0.0667. The van der Waals surface area contributed by atoms with E-state index in [1.807, 2.05) is 12.4 Å². The van der Waals surface area contributed by atoms with Crippen molar-refractivity contribution < 1.29 is 4.74 Å². The van der Waals surface area contributed by atoms with Crippen LogP contribution in [0.15, 0.2) is 12.4 Å². The van der Waals surface area contributed by atoms with Crippen molar-refractivity contribution >= 4 is 5.95 Å². The maximum Gasteiger partial charge on any atom is 0.220 e. The zero-order chi connectivity index (χ0) is 13.5. The predicted octanol–water partition coefficient (Wildman–Crippen LogP) is 1.37. The van der Waals surface area contributed by atoms with Crippen molar-refractivity contribution in [1.82, 2.24) is 19.7 Å². The van der Waals surface area contributed by atoms with E-state index in [1.165, 1.54) is 11.1 Å². The van der Waals surface area contributed by atoms with Crippen LogP contribution >= 0.6 is 0 Å². The van der Waals surface area contributed by atoms with E-state index in [9.17, 15) is 0 Å². The molecule has 2 aliphatic rings. The topological polar surface area (TPSA) is 78.9 Å². The molecule has 0 amide bonds. The van der Waals surface area contributed by atoms with Gasteiger partial charge < -0.3 is 10.5 Å². The SMILES string of the molecule is Nc1ncc2c(n1)-c1c(cnn1C1CCOCC1)CC2. The van der Waals surface area contributed by atoms with Crippen molar-refractivity contribution in [2.45, 2.75) is 31.7 Å². The highest BCUT2D eigenvalue weighted by molar-refractivity contribution is 5.66. The summed E-state index contributed by atoms with van der Waals surface area (Å²) in [5.41, 5.74) is 10.3. The van der Waals surface area contributed by atoms with Crippen molar-refractivity contribution in [3.63, 3.8) is 0 Å². The summed E-state index contributed by atoms with van der Waals surface area (Å²) >= 11 is 0. The molecule has 3 heterocycles. The third-order valence-electron chi connectivity index (χ3n) is 4.18. The lowest BCUT2D eigenvalue weighted by atomic mass is 9.95. The third kappa shape index (κ3) is 1.79. The Kier molecular flexibility index (Phi) is 2.70. The summed E-state index contributed by atoms with van der Waals surface area (Å²) in [5, 5.41) is 4.61. The van der Waals surface area contributed by atoms with Gasteiger partial charge in [-0.05, 0) is 31.2 Å². The van der Waals surface area contributed by atoms with E-state index in [-0.39, 0.29) is 0 Å². The second-order valence-electron chi connectivity index (χ2n) is 5.41. The van der Waals surface area contributed by atoms with E-state index in [2.05, 4.69) is 19.7 Å². The molecule has 104 valence electrons. The number of aromatic nitrogens is 4. The van der Waals surface area contributed by atoms with Crippen LogP contribution in [0.3, 0.4) is 0 Å². The molecule has 1 fully saturated rings. The zero-order valence-corrected chi connectivity index (χ0v) is 11.2. The number of rotatable bonds is 1. The summed E-state index contributed by atoms with van der Waals surface area (Å²) < 4.78 is 7.57. The molecule has 1 aliphatic carbocycles. The number of ether oxygens (including phenoxy) is 1. The van der Waals surface area contributed by atoms with Crippen molar-refractivity contribution in [2.24, 2.45) is 0 Å².